The Bertz CT molecular complexity index is 847. The molecule has 6 heteroatoms. The summed E-state index contributed by atoms with van der Waals surface area (Å²) in [6, 6.07) is 8.20. The SMILES string of the molecule is CCCN(CC(=O)N1CCc2sccc2[C@H]1c1ccc(F)cc1)C(=O)CC(C)C. The van der Waals surface area contributed by atoms with Crippen LogP contribution in [0.4, 0.5) is 4.39 Å². The van der Waals surface area contributed by atoms with E-state index in [9.17, 15) is 14.0 Å². The van der Waals surface area contributed by atoms with Gasteiger partial charge in [-0.25, -0.2) is 4.39 Å². The van der Waals surface area contributed by atoms with Gasteiger partial charge in [-0.2, -0.15) is 0 Å². The smallest absolute Gasteiger partial charge is 0.242 e. The zero-order valence-electron chi connectivity index (χ0n) is 17.4. The molecule has 2 amide bonds. The number of carbonyl (C=O) groups excluding carboxylic acids is 2. The lowest BCUT2D eigenvalue weighted by Gasteiger charge is -2.37. The van der Waals surface area contributed by atoms with Crippen LogP contribution in [0.3, 0.4) is 0 Å². The molecule has 0 saturated heterocycles. The van der Waals surface area contributed by atoms with Crippen LogP contribution >= 0.6 is 11.3 Å². The number of hydrogen-bond donors (Lipinski definition) is 0. The van der Waals surface area contributed by atoms with Gasteiger partial charge in [0.1, 0.15) is 5.82 Å². The first-order valence-corrected chi connectivity index (χ1v) is 11.2. The third-order valence-electron chi connectivity index (χ3n) is 5.23. The van der Waals surface area contributed by atoms with Gasteiger partial charge in [0.15, 0.2) is 0 Å². The highest BCUT2D eigenvalue weighted by atomic mass is 32.1. The van der Waals surface area contributed by atoms with E-state index >= 15 is 0 Å². The van der Waals surface area contributed by atoms with Gasteiger partial charge in [-0.1, -0.05) is 32.9 Å². The van der Waals surface area contributed by atoms with Gasteiger partial charge in [-0.3, -0.25) is 9.59 Å². The minimum atomic E-state index is -0.290. The standard InChI is InChI=1S/C23H29FN2O2S/c1-4-11-25(21(27)14-16(2)3)15-22(28)26-12-9-20-19(10-13-29-20)23(26)17-5-7-18(24)8-6-17/h5-8,10,13,16,23H,4,9,11-12,14-15H2,1-3H3/t23-/m1/s1. The second kappa shape index (κ2) is 9.53. The van der Waals surface area contributed by atoms with Crippen molar-refractivity contribution in [2.75, 3.05) is 19.6 Å². The molecule has 156 valence electrons. The zero-order valence-corrected chi connectivity index (χ0v) is 18.2. The predicted octanol–water partition coefficient (Wildman–Crippen LogP) is 4.65. The Hall–Kier alpha value is -2.21. The molecule has 0 fully saturated rings. The summed E-state index contributed by atoms with van der Waals surface area (Å²) in [5, 5.41) is 2.05. The van der Waals surface area contributed by atoms with Crippen molar-refractivity contribution in [3.8, 4) is 0 Å². The minimum absolute atomic E-state index is 0.0294. The molecule has 0 aliphatic carbocycles. The van der Waals surface area contributed by atoms with E-state index in [1.807, 2.05) is 31.1 Å². The number of halogens is 1. The summed E-state index contributed by atoms with van der Waals surface area (Å²) >= 11 is 1.70. The van der Waals surface area contributed by atoms with Gasteiger partial charge < -0.3 is 9.80 Å². The quantitative estimate of drug-likeness (QED) is 0.659. The van der Waals surface area contributed by atoms with Crippen molar-refractivity contribution in [1.29, 1.82) is 0 Å². The van der Waals surface area contributed by atoms with Crippen LogP contribution in [-0.4, -0.2) is 41.2 Å². The van der Waals surface area contributed by atoms with Gasteiger partial charge in [-0.05, 0) is 53.5 Å². The summed E-state index contributed by atoms with van der Waals surface area (Å²) in [5.74, 6) is -0.0582. The maximum atomic E-state index is 13.5. The van der Waals surface area contributed by atoms with E-state index in [-0.39, 0.29) is 36.1 Å². The third kappa shape index (κ3) is 5.04. The fourth-order valence-electron chi connectivity index (χ4n) is 3.88. The monoisotopic (exact) mass is 416 g/mol. The first-order chi connectivity index (χ1) is 13.9. The Kier molecular flexibility index (Phi) is 7.06. The molecule has 0 N–H and O–H groups in total. The van der Waals surface area contributed by atoms with Crippen LogP contribution in [-0.2, 0) is 16.0 Å². The summed E-state index contributed by atoms with van der Waals surface area (Å²) < 4.78 is 13.5. The number of thiophene rings is 1. The summed E-state index contributed by atoms with van der Waals surface area (Å²) in [6.07, 6.45) is 2.07. The lowest BCUT2D eigenvalue weighted by Crippen LogP contribution is -2.47. The molecule has 0 saturated carbocycles. The molecule has 3 rings (SSSR count). The van der Waals surface area contributed by atoms with Gasteiger partial charge in [0.05, 0.1) is 12.6 Å². The van der Waals surface area contributed by atoms with E-state index < -0.39 is 0 Å². The highest BCUT2D eigenvalue weighted by Gasteiger charge is 2.33. The molecular formula is C23H29FN2O2S. The number of amides is 2. The molecule has 0 bridgehead atoms. The van der Waals surface area contributed by atoms with E-state index in [1.165, 1.54) is 17.0 Å². The summed E-state index contributed by atoms with van der Waals surface area (Å²) in [5.41, 5.74) is 2.01. The summed E-state index contributed by atoms with van der Waals surface area (Å²) in [4.78, 5) is 30.8. The van der Waals surface area contributed by atoms with Crippen molar-refractivity contribution in [2.24, 2.45) is 5.92 Å². The molecule has 1 aromatic heterocycles. The van der Waals surface area contributed by atoms with E-state index in [0.717, 1.165) is 24.0 Å². The highest BCUT2D eigenvalue weighted by molar-refractivity contribution is 7.10. The number of fused-ring (bicyclic) bond motifs is 1. The summed E-state index contributed by atoms with van der Waals surface area (Å²) in [6.45, 7) is 7.31. The molecular weight excluding hydrogens is 387 g/mol. The summed E-state index contributed by atoms with van der Waals surface area (Å²) in [7, 11) is 0. The second-order valence-corrected chi connectivity index (χ2v) is 9.00. The fourth-order valence-corrected chi connectivity index (χ4v) is 4.79. The number of hydrogen-bond acceptors (Lipinski definition) is 3. The van der Waals surface area contributed by atoms with Crippen LogP contribution in [0.5, 0.6) is 0 Å². The fraction of sp³-hybridized carbons (Fsp3) is 0.478. The maximum Gasteiger partial charge on any atom is 0.242 e. The van der Waals surface area contributed by atoms with Crippen molar-refractivity contribution in [3.05, 3.63) is 57.5 Å². The number of benzene rings is 1. The molecule has 1 aromatic carbocycles. The molecule has 0 unspecified atom stereocenters. The van der Waals surface area contributed by atoms with Gasteiger partial charge >= 0.3 is 0 Å². The second-order valence-electron chi connectivity index (χ2n) is 8.00. The number of nitrogens with zero attached hydrogens (tertiary/aromatic N) is 2. The van der Waals surface area contributed by atoms with Crippen molar-refractivity contribution in [3.63, 3.8) is 0 Å². The third-order valence-corrected chi connectivity index (χ3v) is 6.22. The topological polar surface area (TPSA) is 40.6 Å². The van der Waals surface area contributed by atoms with E-state index in [4.69, 9.17) is 0 Å². The first kappa shape index (κ1) is 21.5. The largest absolute Gasteiger partial charge is 0.333 e. The van der Waals surface area contributed by atoms with E-state index in [2.05, 4.69) is 6.07 Å². The molecule has 1 atom stereocenters. The Morgan fingerprint density at radius 2 is 1.97 bits per heavy atom. The van der Waals surface area contributed by atoms with Crippen LogP contribution < -0.4 is 0 Å². The molecule has 2 heterocycles. The molecule has 1 aliphatic rings. The average Bonchev–Trinajstić information content (AvgIpc) is 3.16. The van der Waals surface area contributed by atoms with Crippen molar-refractivity contribution in [2.45, 2.75) is 46.1 Å². The van der Waals surface area contributed by atoms with Crippen LogP contribution in [0.15, 0.2) is 35.7 Å². The Labute approximate surface area is 176 Å². The van der Waals surface area contributed by atoms with E-state index in [0.29, 0.717) is 19.5 Å². The van der Waals surface area contributed by atoms with Gasteiger partial charge in [-0.15, -0.1) is 11.3 Å². The molecule has 1 aliphatic heterocycles. The zero-order chi connectivity index (χ0) is 21.0. The van der Waals surface area contributed by atoms with E-state index in [1.54, 1.807) is 28.4 Å². The Balaban J connectivity index is 1.85. The molecule has 29 heavy (non-hydrogen) atoms. The minimum Gasteiger partial charge on any atom is -0.333 e. The van der Waals surface area contributed by atoms with Crippen LogP contribution in [0.1, 0.15) is 55.7 Å². The molecule has 0 spiro atoms. The normalized spacial score (nSPS) is 16.0. The molecule has 4 nitrogen and oxygen atoms in total. The Morgan fingerprint density at radius 1 is 1.24 bits per heavy atom. The molecule has 0 radical (unpaired) electrons. The van der Waals surface area contributed by atoms with Crippen molar-refractivity contribution >= 4 is 23.2 Å². The number of carbonyl (C=O) groups is 2. The lowest BCUT2D eigenvalue weighted by atomic mass is 9.93. The predicted molar refractivity (Wildman–Crippen MR) is 114 cm³/mol. The Morgan fingerprint density at radius 3 is 2.62 bits per heavy atom. The average molecular weight is 417 g/mol. The number of rotatable bonds is 7. The van der Waals surface area contributed by atoms with Gasteiger partial charge in [0, 0.05) is 24.4 Å². The van der Waals surface area contributed by atoms with Crippen molar-refractivity contribution in [1.82, 2.24) is 9.80 Å². The van der Waals surface area contributed by atoms with Gasteiger partial charge in [0.25, 0.3) is 0 Å². The van der Waals surface area contributed by atoms with Crippen molar-refractivity contribution < 1.29 is 14.0 Å². The maximum absolute atomic E-state index is 13.5. The van der Waals surface area contributed by atoms with Crippen LogP contribution in [0, 0.1) is 11.7 Å². The van der Waals surface area contributed by atoms with Gasteiger partial charge in [0.2, 0.25) is 11.8 Å². The van der Waals surface area contributed by atoms with Crippen LogP contribution in [0.25, 0.3) is 0 Å². The molecule has 2 aromatic rings. The van der Waals surface area contributed by atoms with Crippen LogP contribution in [0.2, 0.25) is 0 Å². The lowest BCUT2D eigenvalue weighted by molar-refractivity contribution is -0.142. The first-order valence-electron chi connectivity index (χ1n) is 10.3. The highest BCUT2D eigenvalue weighted by Crippen LogP contribution is 2.37.